The van der Waals surface area contributed by atoms with Crippen LogP contribution in [0.1, 0.15) is 13.8 Å². The molecule has 0 aromatic heterocycles. The summed E-state index contributed by atoms with van der Waals surface area (Å²) < 4.78 is 9.29. The van der Waals surface area contributed by atoms with Crippen LogP contribution in [0.2, 0.25) is 0 Å². The maximum Gasteiger partial charge on any atom is 0.335 e. The van der Waals surface area contributed by atoms with Crippen LogP contribution in [0.3, 0.4) is 0 Å². The summed E-state index contributed by atoms with van der Waals surface area (Å²) in [4.78, 5) is 20.9. The van der Waals surface area contributed by atoms with Crippen LogP contribution in [-0.4, -0.2) is 31.6 Å². The quantitative estimate of drug-likeness (QED) is 0.434. The number of aldehydes is 1. The Balaban J connectivity index is 3.76. The molecule has 11 heavy (non-hydrogen) atoms. The predicted octanol–water partition coefficient (Wildman–Crippen LogP) is 0.152. The average molecular weight is 160 g/mol. The lowest BCUT2D eigenvalue weighted by Crippen LogP contribution is -2.26. The molecule has 0 bridgehead atoms. The number of hydrogen-bond donors (Lipinski definition) is 0. The predicted molar refractivity (Wildman–Crippen MR) is 38.1 cm³/mol. The number of carbonyl (C=O) groups is 2. The summed E-state index contributed by atoms with van der Waals surface area (Å²) in [6, 6.07) is 0. The summed E-state index contributed by atoms with van der Waals surface area (Å²) >= 11 is 0. The van der Waals surface area contributed by atoms with Gasteiger partial charge in [0.25, 0.3) is 0 Å². The number of ether oxygens (including phenoxy) is 2. The largest absolute Gasteiger partial charge is 0.453 e. The Labute approximate surface area is 65.5 Å². The maximum atomic E-state index is 10.8. The standard InChI is InChI=1S/C7H12O4/c1-5(4-8)11-7(9)6(2)10-3/h4-6H,1-3H3/t5-,6-/m0/s1. The highest BCUT2D eigenvalue weighted by atomic mass is 16.6. The second kappa shape index (κ2) is 4.85. The van der Waals surface area contributed by atoms with Crippen LogP contribution in [0, 0.1) is 0 Å². The molecule has 0 aliphatic rings. The Hall–Kier alpha value is -0.900. The van der Waals surface area contributed by atoms with Gasteiger partial charge < -0.3 is 9.47 Å². The molecule has 0 N–H and O–H groups in total. The zero-order chi connectivity index (χ0) is 8.85. The third-order valence-corrected chi connectivity index (χ3v) is 1.18. The molecule has 4 heteroatoms. The lowest BCUT2D eigenvalue weighted by Gasteiger charge is -2.10. The number of hydrogen-bond acceptors (Lipinski definition) is 4. The average Bonchev–Trinajstić information content (AvgIpc) is 2.02. The van der Waals surface area contributed by atoms with Gasteiger partial charge in [0, 0.05) is 7.11 Å². The monoisotopic (exact) mass is 160 g/mol. The van der Waals surface area contributed by atoms with Crippen molar-refractivity contribution in [2.45, 2.75) is 26.1 Å². The van der Waals surface area contributed by atoms with Gasteiger partial charge in [-0.3, -0.25) is 4.79 Å². The van der Waals surface area contributed by atoms with E-state index in [0.717, 1.165) is 0 Å². The number of methoxy groups -OCH3 is 1. The van der Waals surface area contributed by atoms with E-state index in [4.69, 9.17) is 0 Å². The van der Waals surface area contributed by atoms with Gasteiger partial charge in [-0.2, -0.15) is 0 Å². The topological polar surface area (TPSA) is 52.6 Å². The lowest BCUT2D eigenvalue weighted by atomic mass is 10.4. The highest BCUT2D eigenvalue weighted by Gasteiger charge is 2.15. The summed E-state index contributed by atoms with van der Waals surface area (Å²) in [5.41, 5.74) is 0. The first-order valence-electron chi connectivity index (χ1n) is 3.30. The minimum absolute atomic E-state index is 0.521. The first kappa shape index (κ1) is 10.1. The molecule has 0 radical (unpaired) electrons. The van der Waals surface area contributed by atoms with E-state index in [1.54, 1.807) is 6.92 Å². The van der Waals surface area contributed by atoms with Gasteiger partial charge in [0.1, 0.15) is 0 Å². The molecule has 0 spiro atoms. The number of carbonyl (C=O) groups excluding carboxylic acids is 2. The molecular formula is C7H12O4. The Morgan fingerprint density at radius 3 is 2.36 bits per heavy atom. The van der Waals surface area contributed by atoms with E-state index in [1.165, 1.54) is 14.0 Å². The minimum Gasteiger partial charge on any atom is -0.453 e. The van der Waals surface area contributed by atoms with Crippen LogP contribution in [-0.2, 0) is 19.1 Å². The molecule has 0 saturated carbocycles. The molecule has 0 rings (SSSR count). The number of esters is 1. The van der Waals surface area contributed by atoms with Crippen LogP contribution >= 0.6 is 0 Å². The van der Waals surface area contributed by atoms with Crippen LogP contribution in [0.5, 0.6) is 0 Å². The third-order valence-electron chi connectivity index (χ3n) is 1.18. The van der Waals surface area contributed by atoms with Gasteiger partial charge in [-0.25, -0.2) is 4.79 Å². The minimum atomic E-state index is -0.694. The van der Waals surface area contributed by atoms with Gasteiger partial charge in [0.15, 0.2) is 18.5 Å². The van der Waals surface area contributed by atoms with Gasteiger partial charge in [-0.15, -0.1) is 0 Å². The van der Waals surface area contributed by atoms with E-state index in [1.807, 2.05) is 0 Å². The summed E-state index contributed by atoms with van der Waals surface area (Å²) in [6.07, 6.45) is -0.752. The molecule has 0 amide bonds. The molecule has 4 nitrogen and oxygen atoms in total. The van der Waals surface area contributed by atoms with E-state index in [-0.39, 0.29) is 0 Å². The van der Waals surface area contributed by atoms with Crippen molar-refractivity contribution < 1.29 is 19.1 Å². The summed E-state index contributed by atoms with van der Waals surface area (Å²) in [7, 11) is 1.40. The Morgan fingerprint density at radius 2 is 2.00 bits per heavy atom. The molecule has 0 saturated heterocycles. The lowest BCUT2D eigenvalue weighted by molar-refractivity contribution is -0.160. The Morgan fingerprint density at radius 1 is 1.45 bits per heavy atom. The smallest absolute Gasteiger partial charge is 0.335 e. The van der Waals surface area contributed by atoms with Gasteiger partial charge in [0.05, 0.1) is 0 Å². The van der Waals surface area contributed by atoms with E-state index in [0.29, 0.717) is 6.29 Å². The van der Waals surface area contributed by atoms with E-state index in [9.17, 15) is 9.59 Å². The fraction of sp³-hybridized carbons (Fsp3) is 0.714. The Bertz CT molecular complexity index is 143. The molecule has 0 aromatic carbocycles. The number of rotatable bonds is 4. The summed E-state index contributed by atoms with van der Waals surface area (Å²) in [5.74, 6) is -0.521. The SMILES string of the molecule is CO[C@@H](C)C(=O)O[C@@H](C)C=O. The first-order valence-corrected chi connectivity index (χ1v) is 3.30. The molecule has 64 valence electrons. The molecule has 2 atom stereocenters. The van der Waals surface area contributed by atoms with Crippen molar-refractivity contribution in [2.24, 2.45) is 0 Å². The van der Waals surface area contributed by atoms with Crippen LogP contribution in [0.25, 0.3) is 0 Å². The van der Waals surface area contributed by atoms with E-state index >= 15 is 0 Å². The Kier molecular flexibility index (Phi) is 4.45. The zero-order valence-corrected chi connectivity index (χ0v) is 6.87. The zero-order valence-electron chi connectivity index (χ0n) is 6.87. The van der Waals surface area contributed by atoms with Crippen molar-refractivity contribution >= 4 is 12.3 Å². The van der Waals surface area contributed by atoms with Gasteiger partial charge >= 0.3 is 5.97 Å². The maximum absolute atomic E-state index is 10.8. The molecule has 0 fully saturated rings. The highest BCUT2D eigenvalue weighted by molar-refractivity contribution is 5.76. The molecular weight excluding hydrogens is 148 g/mol. The second-order valence-corrected chi connectivity index (χ2v) is 2.16. The van der Waals surface area contributed by atoms with Gasteiger partial charge in [-0.05, 0) is 13.8 Å². The van der Waals surface area contributed by atoms with E-state index < -0.39 is 18.2 Å². The van der Waals surface area contributed by atoms with Crippen LogP contribution < -0.4 is 0 Å². The summed E-state index contributed by atoms with van der Waals surface area (Å²) in [5, 5.41) is 0. The fourth-order valence-corrected chi connectivity index (χ4v) is 0.403. The second-order valence-electron chi connectivity index (χ2n) is 2.16. The van der Waals surface area contributed by atoms with Crippen molar-refractivity contribution in [1.82, 2.24) is 0 Å². The van der Waals surface area contributed by atoms with Crippen LogP contribution in [0.15, 0.2) is 0 Å². The van der Waals surface area contributed by atoms with Crippen molar-refractivity contribution in [3.8, 4) is 0 Å². The molecule has 0 heterocycles. The van der Waals surface area contributed by atoms with Crippen molar-refractivity contribution in [3.05, 3.63) is 0 Å². The molecule has 0 aromatic rings. The van der Waals surface area contributed by atoms with Crippen molar-refractivity contribution in [1.29, 1.82) is 0 Å². The molecule has 0 aliphatic carbocycles. The first-order chi connectivity index (χ1) is 5.11. The normalized spacial score (nSPS) is 15.2. The van der Waals surface area contributed by atoms with E-state index in [2.05, 4.69) is 9.47 Å². The molecule has 0 aliphatic heterocycles. The summed E-state index contributed by atoms with van der Waals surface area (Å²) in [6.45, 7) is 3.05. The van der Waals surface area contributed by atoms with Crippen molar-refractivity contribution in [3.63, 3.8) is 0 Å². The van der Waals surface area contributed by atoms with Crippen molar-refractivity contribution in [2.75, 3.05) is 7.11 Å². The molecule has 0 unspecified atom stereocenters. The third kappa shape index (κ3) is 3.72. The van der Waals surface area contributed by atoms with Gasteiger partial charge in [-0.1, -0.05) is 0 Å². The van der Waals surface area contributed by atoms with Gasteiger partial charge in [0.2, 0.25) is 0 Å². The van der Waals surface area contributed by atoms with Crippen LogP contribution in [0.4, 0.5) is 0 Å². The fourth-order valence-electron chi connectivity index (χ4n) is 0.403. The highest BCUT2D eigenvalue weighted by Crippen LogP contribution is 1.95.